The molecule has 2 aromatic rings. The van der Waals surface area contributed by atoms with Crippen LogP contribution in [0.25, 0.3) is 0 Å². The summed E-state index contributed by atoms with van der Waals surface area (Å²) in [5, 5.41) is 3.34. The van der Waals surface area contributed by atoms with Crippen LogP contribution in [0.5, 0.6) is 5.75 Å². The van der Waals surface area contributed by atoms with E-state index in [0.29, 0.717) is 10.8 Å². The Labute approximate surface area is 136 Å². The van der Waals surface area contributed by atoms with Crippen LogP contribution >= 0.6 is 0 Å². The molecule has 2 aliphatic rings. The van der Waals surface area contributed by atoms with E-state index in [2.05, 4.69) is 5.32 Å². The van der Waals surface area contributed by atoms with E-state index in [1.165, 1.54) is 0 Å². The molecule has 2 atom stereocenters. The van der Waals surface area contributed by atoms with Crippen molar-refractivity contribution < 1.29 is 13.2 Å². The average molecular weight is 329 g/mol. The molecule has 0 saturated carbocycles. The molecule has 2 unspecified atom stereocenters. The standard InChI is InChI=1S/C18H19NO3S/c20-23(21,14-4-2-1-3-5-14)12-13-6-7-17-16(10-13)15-8-9-19-11-18(15)22-17/h1-7,10,15,18-19H,8-9,11-12H2. The number of sulfone groups is 1. The van der Waals surface area contributed by atoms with Crippen LogP contribution in [0, 0.1) is 0 Å². The van der Waals surface area contributed by atoms with Gasteiger partial charge >= 0.3 is 0 Å². The molecule has 0 aliphatic carbocycles. The smallest absolute Gasteiger partial charge is 0.182 e. The van der Waals surface area contributed by atoms with Gasteiger partial charge in [-0.2, -0.15) is 0 Å². The van der Waals surface area contributed by atoms with Crippen LogP contribution < -0.4 is 10.1 Å². The van der Waals surface area contributed by atoms with Crippen molar-refractivity contribution in [2.45, 2.75) is 29.1 Å². The predicted octanol–water partition coefficient (Wildman–Crippen LogP) is 2.50. The average Bonchev–Trinajstić information content (AvgIpc) is 2.93. The fourth-order valence-electron chi connectivity index (χ4n) is 3.49. The Morgan fingerprint density at radius 2 is 1.96 bits per heavy atom. The van der Waals surface area contributed by atoms with Crippen LogP contribution in [0.15, 0.2) is 53.4 Å². The highest BCUT2D eigenvalue weighted by Crippen LogP contribution is 2.41. The molecule has 2 aliphatic heterocycles. The highest BCUT2D eigenvalue weighted by molar-refractivity contribution is 7.90. The minimum atomic E-state index is -3.31. The summed E-state index contributed by atoms with van der Waals surface area (Å²) in [5.41, 5.74) is 1.99. The Morgan fingerprint density at radius 3 is 2.78 bits per heavy atom. The molecule has 0 radical (unpaired) electrons. The number of hydrogen-bond acceptors (Lipinski definition) is 4. The first-order chi connectivity index (χ1) is 11.1. The third-order valence-electron chi connectivity index (χ3n) is 4.64. The number of fused-ring (bicyclic) bond motifs is 3. The van der Waals surface area contributed by atoms with Gasteiger partial charge < -0.3 is 10.1 Å². The molecule has 0 spiro atoms. The Hall–Kier alpha value is -1.85. The number of rotatable bonds is 3. The highest BCUT2D eigenvalue weighted by atomic mass is 32.2. The first kappa shape index (κ1) is 14.7. The van der Waals surface area contributed by atoms with Gasteiger partial charge in [0.1, 0.15) is 11.9 Å². The van der Waals surface area contributed by atoms with Crippen LogP contribution in [0.1, 0.15) is 23.5 Å². The lowest BCUT2D eigenvalue weighted by Crippen LogP contribution is -2.39. The molecule has 1 N–H and O–H groups in total. The van der Waals surface area contributed by atoms with E-state index in [0.717, 1.165) is 36.4 Å². The monoisotopic (exact) mass is 329 g/mol. The molecule has 4 nitrogen and oxygen atoms in total. The van der Waals surface area contributed by atoms with E-state index in [1.807, 2.05) is 24.3 Å². The van der Waals surface area contributed by atoms with E-state index in [1.54, 1.807) is 24.3 Å². The zero-order valence-electron chi connectivity index (χ0n) is 12.7. The minimum Gasteiger partial charge on any atom is -0.488 e. The number of benzene rings is 2. The fourth-order valence-corrected chi connectivity index (χ4v) is 4.84. The molecule has 0 aromatic heterocycles. The van der Waals surface area contributed by atoms with Gasteiger partial charge in [0.15, 0.2) is 9.84 Å². The quantitative estimate of drug-likeness (QED) is 0.940. The number of piperidine rings is 1. The zero-order chi connectivity index (χ0) is 15.9. The molecular formula is C18H19NO3S. The van der Waals surface area contributed by atoms with Crippen molar-refractivity contribution in [1.82, 2.24) is 5.32 Å². The molecule has 1 saturated heterocycles. The van der Waals surface area contributed by atoms with Gasteiger partial charge in [0.2, 0.25) is 0 Å². The number of ether oxygens (including phenoxy) is 1. The topological polar surface area (TPSA) is 55.4 Å². The van der Waals surface area contributed by atoms with Gasteiger partial charge in [-0.05, 0) is 36.7 Å². The third kappa shape index (κ3) is 2.75. The molecule has 2 aromatic carbocycles. The van der Waals surface area contributed by atoms with Crippen molar-refractivity contribution in [2.24, 2.45) is 0 Å². The van der Waals surface area contributed by atoms with Gasteiger partial charge in [-0.15, -0.1) is 0 Å². The molecule has 2 heterocycles. The van der Waals surface area contributed by atoms with E-state index in [-0.39, 0.29) is 11.9 Å². The van der Waals surface area contributed by atoms with Crippen LogP contribution in [0.3, 0.4) is 0 Å². The van der Waals surface area contributed by atoms with Gasteiger partial charge in [-0.25, -0.2) is 8.42 Å². The number of hydrogen-bond donors (Lipinski definition) is 1. The second kappa shape index (κ2) is 5.65. The summed E-state index contributed by atoms with van der Waals surface area (Å²) < 4.78 is 31.1. The molecule has 0 bridgehead atoms. The Bertz CT molecular complexity index is 817. The molecule has 23 heavy (non-hydrogen) atoms. The van der Waals surface area contributed by atoms with Crippen molar-refractivity contribution in [1.29, 1.82) is 0 Å². The van der Waals surface area contributed by atoms with Crippen LogP contribution in [0.2, 0.25) is 0 Å². The summed E-state index contributed by atoms with van der Waals surface area (Å²) in [6, 6.07) is 14.4. The third-order valence-corrected chi connectivity index (χ3v) is 6.34. The Morgan fingerprint density at radius 1 is 1.13 bits per heavy atom. The normalized spacial score (nSPS) is 23.0. The second-order valence-electron chi connectivity index (χ2n) is 6.20. The summed E-state index contributed by atoms with van der Waals surface area (Å²) in [6.45, 7) is 1.84. The van der Waals surface area contributed by atoms with E-state index in [4.69, 9.17) is 4.74 Å². The van der Waals surface area contributed by atoms with Gasteiger partial charge in [0, 0.05) is 18.0 Å². The summed E-state index contributed by atoms with van der Waals surface area (Å²) in [4.78, 5) is 0.372. The van der Waals surface area contributed by atoms with Gasteiger partial charge in [0.05, 0.1) is 10.6 Å². The maximum atomic E-state index is 12.5. The van der Waals surface area contributed by atoms with Crippen LogP contribution in [0.4, 0.5) is 0 Å². The maximum absolute atomic E-state index is 12.5. The van der Waals surface area contributed by atoms with E-state index in [9.17, 15) is 8.42 Å². The highest BCUT2D eigenvalue weighted by Gasteiger charge is 2.36. The summed E-state index contributed by atoms with van der Waals surface area (Å²) in [7, 11) is -3.31. The summed E-state index contributed by atoms with van der Waals surface area (Å²) >= 11 is 0. The molecular weight excluding hydrogens is 310 g/mol. The summed E-state index contributed by atoms with van der Waals surface area (Å²) in [5.74, 6) is 1.31. The largest absolute Gasteiger partial charge is 0.488 e. The van der Waals surface area contributed by atoms with Gasteiger partial charge in [-0.1, -0.05) is 30.3 Å². The molecule has 0 amide bonds. The summed E-state index contributed by atoms with van der Waals surface area (Å²) in [6.07, 6.45) is 1.21. The second-order valence-corrected chi connectivity index (χ2v) is 8.19. The van der Waals surface area contributed by atoms with E-state index < -0.39 is 9.84 Å². The molecule has 120 valence electrons. The van der Waals surface area contributed by atoms with Crippen LogP contribution in [-0.4, -0.2) is 27.6 Å². The van der Waals surface area contributed by atoms with Crippen molar-refractivity contribution in [2.75, 3.05) is 13.1 Å². The van der Waals surface area contributed by atoms with Crippen molar-refractivity contribution >= 4 is 9.84 Å². The lowest BCUT2D eigenvalue weighted by atomic mass is 9.89. The first-order valence-electron chi connectivity index (χ1n) is 7.91. The Kier molecular flexibility index (Phi) is 3.62. The Balaban J connectivity index is 1.62. The van der Waals surface area contributed by atoms with E-state index >= 15 is 0 Å². The fraction of sp³-hybridized carbons (Fsp3) is 0.333. The number of nitrogens with one attached hydrogen (secondary N) is 1. The molecule has 4 rings (SSSR count). The van der Waals surface area contributed by atoms with Crippen molar-refractivity contribution in [3.63, 3.8) is 0 Å². The first-order valence-corrected chi connectivity index (χ1v) is 9.57. The SMILES string of the molecule is O=S(=O)(Cc1ccc2c(c1)C1CCNCC1O2)c1ccccc1. The van der Waals surface area contributed by atoms with Gasteiger partial charge in [0.25, 0.3) is 0 Å². The lowest BCUT2D eigenvalue weighted by Gasteiger charge is -2.24. The lowest BCUT2D eigenvalue weighted by molar-refractivity contribution is 0.177. The predicted molar refractivity (Wildman–Crippen MR) is 88.4 cm³/mol. The van der Waals surface area contributed by atoms with Gasteiger partial charge in [-0.3, -0.25) is 0 Å². The molecule has 5 heteroatoms. The minimum absolute atomic E-state index is 0.0277. The maximum Gasteiger partial charge on any atom is 0.182 e. The molecule has 1 fully saturated rings. The van der Waals surface area contributed by atoms with Crippen LogP contribution in [-0.2, 0) is 15.6 Å². The zero-order valence-corrected chi connectivity index (χ0v) is 13.6. The van der Waals surface area contributed by atoms with Crippen molar-refractivity contribution in [3.05, 3.63) is 59.7 Å². The van der Waals surface area contributed by atoms with Crippen molar-refractivity contribution in [3.8, 4) is 5.75 Å².